The van der Waals surface area contributed by atoms with E-state index in [4.69, 9.17) is 25.0 Å². The third kappa shape index (κ3) is 3.29. The van der Waals surface area contributed by atoms with Crippen LogP contribution in [0, 0.1) is 0 Å². The van der Waals surface area contributed by atoms with E-state index in [1.165, 1.54) is 0 Å². The van der Waals surface area contributed by atoms with Gasteiger partial charge in [0.15, 0.2) is 6.10 Å². The number of hydrogen-bond donors (Lipinski definition) is 5. The predicted molar refractivity (Wildman–Crippen MR) is 41.7 cm³/mol. The largest absolute Gasteiger partial charge is 0.394 e. The van der Waals surface area contributed by atoms with Crippen LogP contribution in [0.1, 0.15) is 0 Å². The lowest BCUT2D eigenvalue weighted by Gasteiger charge is -2.18. The number of carbonyl (C=O) groups is 1. The van der Waals surface area contributed by atoms with Gasteiger partial charge in [-0.25, -0.2) is 0 Å². The van der Waals surface area contributed by atoms with Crippen molar-refractivity contribution in [1.82, 2.24) is 0 Å². The highest BCUT2D eigenvalue weighted by molar-refractivity contribution is 8.01. The van der Waals surface area contributed by atoms with Crippen LogP contribution in [-0.2, 0) is 14.9 Å². The fourth-order valence-corrected chi connectivity index (χ4v) is 1.06. The number of aliphatic hydroxyl groups excluding tert-OH is 4. The first-order valence-corrected chi connectivity index (χ1v) is 4.82. The molecule has 0 radical (unpaired) electrons. The van der Waals surface area contributed by atoms with E-state index < -0.39 is 40.2 Å². The molecule has 3 atom stereocenters. The Bertz CT molecular complexity index is 295. The minimum absolute atomic E-state index is 0.975. The molecule has 0 aliphatic rings. The Morgan fingerprint density at radius 3 is 1.93 bits per heavy atom. The minimum Gasteiger partial charge on any atom is -0.394 e. The van der Waals surface area contributed by atoms with E-state index in [1.54, 1.807) is 0 Å². The highest BCUT2D eigenvalue weighted by Crippen LogP contribution is 2.04. The Labute approximate surface area is 79.2 Å². The fourth-order valence-electron chi connectivity index (χ4n) is 0.610. The van der Waals surface area contributed by atoms with Gasteiger partial charge in [0.2, 0.25) is 0 Å². The van der Waals surface area contributed by atoms with Crippen molar-refractivity contribution >= 4 is 15.2 Å². The van der Waals surface area contributed by atoms with Crippen molar-refractivity contribution < 1.29 is 38.2 Å². The fraction of sp³-hybridized carbons (Fsp3) is 0.800. The summed E-state index contributed by atoms with van der Waals surface area (Å²) in [5.41, 5.74) is 0. The molecule has 0 fully saturated rings. The topological polar surface area (TPSA) is 152 Å². The van der Waals surface area contributed by atoms with E-state index in [2.05, 4.69) is 0 Å². The Morgan fingerprint density at radius 1 is 1.21 bits per heavy atom. The molecule has 0 aromatic heterocycles. The highest BCUT2D eigenvalue weighted by atomic mass is 32.2. The Kier molecular flexibility index (Phi) is 4.58. The molecule has 0 aromatic carbocycles. The van der Waals surface area contributed by atoms with Gasteiger partial charge in [-0.05, 0) is 0 Å². The van der Waals surface area contributed by atoms with Crippen LogP contribution in [0.2, 0.25) is 0 Å². The first-order chi connectivity index (χ1) is 6.21. The molecule has 0 heterocycles. The van der Waals surface area contributed by atoms with Crippen molar-refractivity contribution in [2.75, 3.05) is 6.61 Å². The summed E-state index contributed by atoms with van der Waals surface area (Å²) >= 11 is 0. The van der Waals surface area contributed by atoms with Gasteiger partial charge in [0.25, 0.3) is 0 Å². The van der Waals surface area contributed by atoms with Crippen molar-refractivity contribution in [3.05, 3.63) is 0 Å². The number of carbonyl (C=O) groups excluding carboxylic acids is 1. The maximum Gasteiger partial charge on any atom is 0.331 e. The number of aliphatic hydroxyl groups is 4. The van der Waals surface area contributed by atoms with Gasteiger partial charge in [-0.15, -0.1) is 0 Å². The van der Waals surface area contributed by atoms with Crippen LogP contribution in [0.4, 0.5) is 0 Å². The summed E-state index contributed by atoms with van der Waals surface area (Å²) in [4.78, 5) is 10.6. The van der Waals surface area contributed by atoms with Crippen LogP contribution in [0.3, 0.4) is 0 Å². The van der Waals surface area contributed by atoms with Gasteiger partial charge in [0.05, 0.1) is 6.61 Å². The van der Waals surface area contributed by atoms with Crippen LogP contribution in [0.15, 0.2) is 0 Å². The van der Waals surface area contributed by atoms with E-state index in [-0.39, 0.29) is 0 Å². The number of rotatable bonds is 4. The first kappa shape index (κ1) is 13.4. The second-order valence-electron chi connectivity index (χ2n) is 2.48. The molecular formula is C5H10O8S. The van der Waals surface area contributed by atoms with Gasteiger partial charge >= 0.3 is 15.2 Å². The van der Waals surface area contributed by atoms with Crippen LogP contribution < -0.4 is 0 Å². The number of hydrogen-bond acceptors (Lipinski definition) is 7. The second-order valence-corrected chi connectivity index (χ2v) is 3.83. The molecule has 3 unspecified atom stereocenters. The SMILES string of the molecule is O=C(C(O)C(O)C(O)CO)S(=O)(=O)O. The lowest BCUT2D eigenvalue weighted by Crippen LogP contribution is -2.46. The van der Waals surface area contributed by atoms with Gasteiger partial charge in [0, 0.05) is 0 Å². The Morgan fingerprint density at radius 2 is 1.64 bits per heavy atom. The normalized spacial score (nSPS) is 18.6. The van der Waals surface area contributed by atoms with E-state index in [0.29, 0.717) is 0 Å². The molecule has 5 N–H and O–H groups in total. The zero-order valence-corrected chi connectivity index (χ0v) is 7.62. The van der Waals surface area contributed by atoms with E-state index >= 15 is 0 Å². The molecular weight excluding hydrogens is 220 g/mol. The van der Waals surface area contributed by atoms with Gasteiger partial charge in [-0.2, -0.15) is 8.42 Å². The lowest BCUT2D eigenvalue weighted by atomic mass is 10.1. The molecule has 9 heteroatoms. The zero-order chi connectivity index (χ0) is 11.5. The smallest absolute Gasteiger partial charge is 0.331 e. The van der Waals surface area contributed by atoms with Crippen LogP contribution in [-0.4, -0.2) is 63.4 Å². The first-order valence-electron chi connectivity index (χ1n) is 3.38. The van der Waals surface area contributed by atoms with Crippen molar-refractivity contribution in [2.45, 2.75) is 18.3 Å². The molecule has 0 spiro atoms. The summed E-state index contributed by atoms with van der Waals surface area (Å²) < 4.78 is 28.5. The van der Waals surface area contributed by atoms with Crippen molar-refractivity contribution in [1.29, 1.82) is 0 Å². The molecule has 0 aliphatic carbocycles. The molecule has 0 bridgehead atoms. The Hall–Kier alpha value is -0.580. The van der Waals surface area contributed by atoms with Crippen LogP contribution >= 0.6 is 0 Å². The Balaban J connectivity index is 4.64. The molecule has 84 valence electrons. The van der Waals surface area contributed by atoms with Gasteiger partial charge in [-0.3, -0.25) is 9.35 Å². The van der Waals surface area contributed by atoms with Crippen LogP contribution in [0.5, 0.6) is 0 Å². The monoisotopic (exact) mass is 230 g/mol. The molecule has 0 aliphatic heterocycles. The minimum atomic E-state index is -5.13. The maximum atomic E-state index is 10.6. The van der Waals surface area contributed by atoms with Crippen LogP contribution in [0.25, 0.3) is 0 Å². The second kappa shape index (κ2) is 4.77. The quantitative estimate of drug-likeness (QED) is 0.311. The highest BCUT2D eigenvalue weighted by Gasteiger charge is 2.36. The molecule has 8 nitrogen and oxygen atoms in total. The molecule has 0 amide bonds. The molecule has 14 heavy (non-hydrogen) atoms. The van der Waals surface area contributed by atoms with Crippen molar-refractivity contribution in [3.63, 3.8) is 0 Å². The van der Waals surface area contributed by atoms with E-state index in [1.807, 2.05) is 0 Å². The maximum absolute atomic E-state index is 10.6. The van der Waals surface area contributed by atoms with E-state index in [9.17, 15) is 13.2 Å². The summed E-state index contributed by atoms with van der Waals surface area (Å²) in [5.74, 6) is 0. The summed E-state index contributed by atoms with van der Waals surface area (Å²) in [6.07, 6.45) is -6.57. The molecule has 0 saturated heterocycles. The third-order valence-corrected chi connectivity index (χ3v) is 2.15. The average molecular weight is 230 g/mol. The predicted octanol–water partition coefficient (Wildman–Crippen LogP) is -3.52. The molecule has 0 rings (SSSR count). The van der Waals surface area contributed by atoms with Gasteiger partial charge in [0.1, 0.15) is 12.2 Å². The third-order valence-electron chi connectivity index (χ3n) is 1.40. The van der Waals surface area contributed by atoms with Crippen molar-refractivity contribution in [2.24, 2.45) is 0 Å². The van der Waals surface area contributed by atoms with Gasteiger partial charge < -0.3 is 20.4 Å². The molecule has 0 aromatic rings. The molecule has 0 saturated carbocycles. The average Bonchev–Trinajstić information content (AvgIpc) is 2.11. The zero-order valence-electron chi connectivity index (χ0n) is 6.81. The summed E-state index contributed by atoms with van der Waals surface area (Å²) in [6.45, 7) is -0.975. The summed E-state index contributed by atoms with van der Waals surface area (Å²) in [5, 5.41) is 32.7. The van der Waals surface area contributed by atoms with Crippen molar-refractivity contribution in [3.8, 4) is 0 Å². The van der Waals surface area contributed by atoms with Gasteiger partial charge in [-0.1, -0.05) is 0 Å². The summed E-state index contributed by atoms with van der Waals surface area (Å²) in [6, 6.07) is 0. The lowest BCUT2D eigenvalue weighted by molar-refractivity contribution is -0.132. The van der Waals surface area contributed by atoms with E-state index in [0.717, 1.165) is 0 Å². The summed E-state index contributed by atoms with van der Waals surface area (Å²) in [7, 11) is -5.13. The standard InChI is InChI=1S/C5H10O8S/c6-1-2(7)3(8)4(9)5(10)14(11,12)13/h2-4,6-9H,1H2,(H,11,12,13).